The monoisotopic (exact) mass is 315 g/mol. The molecule has 1 fully saturated rings. The van der Waals surface area contributed by atoms with Gasteiger partial charge < -0.3 is 16.3 Å². The van der Waals surface area contributed by atoms with Gasteiger partial charge in [-0.15, -0.1) is 0 Å². The minimum atomic E-state index is -0.944. The van der Waals surface area contributed by atoms with E-state index in [0.29, 0.717) is 28.6 Å². The molecule has 0 saturated heterocycles. The Labute approximate surface area is 126 Å². The molecule has 1 aromatic rings. The fourth-order valence-electron chi connectivity index (χ4n) is 2.50. The molecule has 0 atom stereocenters. The van der Waals surface area contributed by atoms with Crippen molar-refractivity contribution in [3.8, 4) is 0 Å². The molecule has 20 heavy (non-hydrogen) atoms. The summed E-state index contributed by atoms with van der Waals surface area (Å²) in [5.41, 5.74) is 5.30. The molecule has 108 valence electrons. The van der Waals surface area contributed by atoms with Crippen molar-refractivity contribution in [2.45, 2.75) is 25.7 Å². The largest absolute Gasteiger partial charge is 0.409 e. The zero-order valence-corrected chi connectivity index (χ0v) is 12.2. The number of amidine groups is 1. The van der Waals surface area contributed by atoms with Gasteiger partial charge in [-0.3, -0.25) is 4.79 Å². The number of carbonyl (C=O) groups is 1. The Hall–Kier alpha value is -1.46. The molecule has 4 N–H and O–H groups in total. The van der Waals surface area contributed by atoms with Crippen molar-refractivity contribution in [1.82, 2.24) is 0 Å². The zero-order valence-electron chi connectivity index (χ0n) is 10.7. The average Bonchev–Trinajstić information content (AvgIpc) is 2.93. The summed E-state index contributed by atoms with van der Waals surface area (Å²) in [7, 11) is 0. The van der Waals surface area contributed by atoms with Crippen LogP contribution in [0.15, 0.2) is 23.4 Å². The molecule has 1 aromatic carbocycles. The molecular weight excluding hydrogens is 301 g/mol. The summed E-state index contributed by atoms with van der Waals surface area (Å²) in [6, 6.07) is 4.82. The van der Waals surface area contributed by atoms with E-state index in [0.717, 1.165) is 12.8 Å². The first-order valence-corrected chi connectivity index (χ1v) is 7.00. The van der Waals surface area contributed by atoms with Gasteiger partial charge in [0.25, 0.3) is 0 Å². The molecule has 0 aliphatic heterocycles. The molecular formula is C13H15Cl2N3O2. The van der Waals surface area contributed by atoms with Crippen molar-refractivity contribution >= 4 is 40.6 Å². The topological polar surface area (TPSA) is 87.7 Å². The Morgan fingerprint density at radius 3 is 2.50 bits per heavy atom. The van der Waals surface area contributed by atoms with Crippen molar-refractivity contribution in [2.75, 3.05) is 5.32 Å². The van der Waals surface area contributed by atoms with Crippen LogP contribution >= 0.6 is 23.2 Å². The second-order valence-corrected chi connectivity index (χ2v) is 5.67. The molecule has 0 bridgehead atoms. The lowest BCUT2D eigenvalue weighted by Gasteiger charge is -2.26. The fourth-order valence-corrected chi connectivity index (χ4v) is 2.80. The second-order valence-electron chi connectivity index (χ2n) is 4.86. The minimum absolute atomic E-state index is 0.0486. The summed E-state index contributed by atoms with van der Waals surface area (Å²) >= 11 is 11.7. The molecule has 1 aliphatic rings. The number of hydrogen-bond donors (Lipinski definition) is 3. The predicted molar refractivity (Wildman–Crippen MR) is 79.4 cm³/mol. The number of nitrogens with two attached hydrogens (primary N) is 1. The van der Waals surface area contributed by atoms with Crippen molar-refractivity contribution in [2.24, 2.45) is 16.3 Å². The van der Waals surface area contributed by atoms with Gasteiger partial charge in [-0.05, 0) is 31.0 Å². The highest BCUT2D eigenvalue weighted by Crippen LogP contribution is 2.39. The molecule has 1 saturated carbocycles. The van der Waals surface area contributed by atoms with E-state index in [4.69, 9.17) is 34.1 Å². The maximum absolute atomic E-state index is 12.5. The quantitative estimate of drug-likeness (QED) is 0.346. The number of nitrogens with zero attached hydrogens (tertiary/aromatic N) is 1. The summed E-state index contributed by atoms with van der Waals surface area (Å²) in [6.45, 7) is 0. The highest BCUT2D eigenvalue weighted by atomic mass is 35.5. The SMILES string of the molecule is NC(=NO)C1(C(=O)Nc2ccc(Cl)c(Cl)c2)CCCC1. The summed E-state index contributed by atoms with van der Waals surface area (Å²) in [5.74, 6) is -0.337. The molecule has 0 aromatic heterocycles. The van der Waals surface area contributed by atoms with Gasteiger partial charge in [-0.25, -0.2) is 0 Å². The molecule has 7 heteroatoms. The van der Waals surface area contributed by atoms with E-state index in [9.17, 15) is 4.79 Å². The van der Waals surface area contributed by atoms with Crippen LogP contribution in [-0.2, 0) is 4.79 Å². The predicted octanol–water partition coefficient (Wildman–Crippen LogP) is 3.24. The van der Waals surface area contributed by atoms with Crippen LogP contribution in [0.2, 0.25) is 10.0 Å². The van der Waals surface area contributed by atoms with Gasteiger partial charge in [0.1, 0.15) is 5.41 Å². The van der Waals surface area contributed by atoms with Crippen molar-refractivity contribution in [3.63, 3.8) is 0 Å². The summed E-state index contributed by atoms with van der Waals surface area (Å²) < 4.78 is 0. The van der Waals surface area contributed by atoms with Crippen molar-refractivity contribution in [1.29, 1.82) is 0 Å². The Balaban J connectivity index is 2.23. The van der Waals surface area contributed by atoms with Crippen LogP contribution in [0.5, 0.6) is 0 Å². The number of rotatable bonds is 3. The van der Waals surface area contributed by atoms with Crippen molar-refractivity contribution < 1.29 is 10.0 Å². The Bertz CT molecular complexity index is 555. The van der Waals surface area contributed by atoms with E-state index >= 15 is 0 Å². The zero-order chi connectivity index (χ0) is 14.8. The number of halogens is 2. The lowest BCUT2D eigenvalue weighted by molar-refractivity contribution is -0.122. The Morgan fingerprint density at radius 1 is 1.30 bits per heavy atom. The summed E-state index contributed by atoms with van der Waals surface area (Å²) in [6.07, 6.45) is 2.86. The third kappa shape index (κ3) is 2.69. The third-order valence-electron chi connectivity index (χ3n) is 3.67. The van der Waals surface area contributed by atoms with Gasteiger partial charge >= 0.3 is 0 Å². The lowest BCUT2D eigenvalue weighted by Crippen LogP contribution is -2.45. The van der Waals surface area contributed by atoms with E-state index < -0.39 is 5.41 Å². The van der Waals surface area contributed by atoms with Crippen LogP contribution in [0.4, 0.5) is 5.69 Å². The standard InChI is InChI=1S/C13H15Cl2N3O2/c14-9-4-3-8(7-10(9)15)17-12(19)13(11(16)18-20)5-1-2-6-13/h3-4,7,20H,1-2,5-6H2,(H2,16,18)(H,17,19). The maximum atomic E-state index is 12.5. The Morgan fingerprint density at radius 2 is 1.95 bits per heavy atom. The number of carbonyl (C=O) groups excluding carboxylic acids is 1. The van der Waals surface area contributed by atoms with Crippen LogP contribution in [-0.4, -0.2) is 17.0 Å². The molecule has 5 nitrogen and oxygen atoms in total. The van der Waals surface area contributed by atoms with E-state index in [2.05, 4.69) is 10.5 Å². The smallest absolute Gasteiger partial charge is 0.238 e. The average molecular weight is 316 g/mol. The first-order chi connectivity index (χ1) is 9.49. The van der Waals surface area contributed by atoms with E-state index in [1.807, 2.05) is 0 Å². The van der Waals surface area contributed by atoms with E-state index in [1.54, 1.807) is 18.2 Å². The van der Waals surface area contributed by atoms with Crippen LogP contribution in [0.3, 0.4) is 0 Å². The van der Waals surface area contributed by atoms with Gasteiger partial charge in [-0.1, -0.05) is 41.2 Å². The van der Waals surface area contributed by atoms with Crippen LogP contribution < -0.4 is 11.1 Å². The molecule has 0 radical (unpaired) electrons. The number of nitrogens with one attached hydrogen (secondary N) is 1. The molecule has 1 amide bonds. The number of hydrogen-bond acceptors (Lipinski definition) is 3. The number of benzene rings is 1. The van der Waals surface area contributed by atoms with Gasteiger partial charge in [0.05, 0.1) is 10.0 Å². The Kier molecular flexibility index (Phi) is 4.40. The maximum Gasteiger partial charge on any atom is 0.238 e. The van der Waals surface area contributed by atoms with E-state index in [1.165, 1.54) is 0 Å². The summed E-state index contributed by atoms with van der Waals surface area (Å²) in [4.78, 5) is 12.5. The molecule has 1 aliphatic carbocycles. The molecule has 0 unspecified atom stereocenters. The highest BCUT2D eigenvalue weighted by molar-refractivity contribution is 6.42. The first-order valence-electron chi connectivity index (χ1n) is 6.24. The van der Waals surface area contributed by atoms with Crippen molar-refractivity contribution in [3.05, 3.63) is 28.2 Å². The lowest BCUT2D eigenvalue weighted by atomic mass is 9.83. The molecule has 2 rings (SSSR count). The third-order valence-corrected chi connectivity index (χ3v) is 4.41. The highest BCUT2D eigenvalue weighted by Gasteiger charge is 2.45. The molecule has 0 spiro atoms. The normalized spacial score (nSPS) is 18.0. The van der Waals surface area contributed by atoms with Gasteiger partial charge in [0.15, 0.2) is 5.84 Å². The summed E-state index contributed by atoms with van der Waals surface area (Å²) in [5, 5.41) is 15.4. The number of anilines is 1. The first kappa shape index (κ1) is 14.9. The van der Waals surface area contributed by atoms with Gasteiger partial charge in [0.2, 0.25) is 5.91 Å². The number of amides is 1. The fraction of sp³-hybridized carbons (Fsp3) is 0.385. The van der Waals surface area contributed by atoms with Crippen LogP contribution in [0.25, 0.3) is 0 Å². The van der Waals surface area contributed by atoms with Crippen LogP contribution in [0.1, 0.15) is 25.7 Å². The minimum Gasteiger partial charge on any atom is -0.409 e. The molecule has 0 heterocycles. The second kappa shape index (κ2) is 5.89. The van der Waals surface area contributed by atoms with Gasteiger partial charge in [-0.2, -0.15) is 0 Å². The van der Waals surface area contributed by atoms with E-state index in [-0.39, 0.29) is 11.7 Å². The number of oxime groups is 1. The van der Waals surface area contributed by atoms with Crippen LogP contribution in [0, 0.1) is 5.41 Å². The van der Waals surface area contributed by atoms with Gasteiger partial charge in [0, 0.05) is 5.69 Å².